The zero-order valence-corrected chi connectivity index (χ0v) is 12.8. The van der Waals surface area contributed by atoms with Gasteiger partial charge in [-0.1, -0.05) is 0 Å². The summed E-state index contributed by atoms with van der Waals surface area (Å²) in [5.74, 6) is 0.560. The zero-order chi connectivity index (χ0) is 15.9. The monoisotopic (exact) mass is 293 g/mol. The number of aliphatic hydroxyl groups is 1. The number of hydrogen-bond acceptors (Lipinski definition) is 4. The van der Waals surface area contributed by atoms with Gasteiger partial charge in [-0.3, -0.25) is 9.59 Å². The van der Waals surface area contributed by atoms with Crippen molar-refractivity contribution >= 4 is 11.7 Å². The minimum absolute atomic E-state index is 0.00735. The van der Waals surface area contributed by atoms with Gasteiger partial charge >= 0.3 is 0 Å². The number of ether oxygens (including phenoxy) is 1. The van der Waals surface area contributed by atoms with Crippen LogP contribution in [0.3, 0.4) is 0 Å². The van der Waals surface area contributed by atoms with Crippen LogP contribution >= 0.6 is 0 Å². The number of nitrogens with one attached hydrogen (secondary N) is 1. The number of Topliss-reactive ketones (excluding diaryl/α,β-unsaturated/α-hetero) is 1. The fourth-order valence-corrected chi connectivity index (χ4v) is 1.73. The minimum Gasteiger partial charge on any atom is -0.497 e. The second-order valence-electron chi connectivity index (χ2n) is 5.59. The van der Waals surface area contributed by atoms with Crippen LogP contribution in [0.5, 0.6) is 5.75 Å². The Labute approximate surface area is 125 Å². The van der Waals surface area contributed by atoms with Gasteiger partial charge < -0.3 is 15.2 Å². The van der Waals surface area contributed by atoms with E-state index in [1.165, 1.54) is 0 Å². The summed E-state index contributed by atoms with van der Waals surface area (Å²) >= 11 is 0. The van der Waals surface area contributed by atoms with Gasteiger partial charge in [0.2, 0.25) is 5.91 Å². The molecule has 116 valence electrons. The third-order valence-electron chi connectivity index (χ3n) is 2.94. The van der Waals surface area contributed by atoms with Crippen molar-refractivity contribution in [1.82, 2.24) is 5.32 Å². The van der Waals surface area contributed by atoms with Crippen LogP contribution in [0.4, 0.5) is 0 Å². The summed E-state index contributed by atoms with van der Waals surface area (Å²) in [6.07, 6.45) is 1.09. The fraction of sp³-hybridized carbons (Fsp3) is 0.500. The lowest BCUT2D eigenvalue weighted by molar-refractivity contribution is -0.122. The number of ketones is 1. The Bertz CT molecular complexity index is 474. The summed E-state index contributed by atoms with van der Waals surface area (Å²) in [6, 6.07) is 6.91. The molecular weight excluding hydrogens is 270 g/mol. The third-order valence-corrected chi connectivity index (χ3v) is 2.94. The maximum atomic E-state index is 11.9. The van der Waals surface area contributed by atoms with Crippen molar-refractivity contribution in [2.24, 2.45) is 0 Å². The van der Waals surface area contributed by atoms with Crippen molar-refractivity contribution in [2.75, 3.05) is 13.7 Å². The number of methoxy groups -OCH3 is 1. The van der Waals surface area contributed by atoms with E-state index in [2.05, 4.69) is 5.32 Å². The first kappa shape index (κ1) is 17.2. The average molecular weight is 293 g/mol. The van der Waals surface area contributed by atoms with Gasteiger partial charge in [0.15, 0.2) is 5.78 Å². The highest BCUT2D eigenvalue weighted by Crippen LogP contribution is 2.13. The Morgan fingerprint density at radius 3 is 2.33 bits per heavy atom. The summed E-state index contributed by atoms with van der Waals surface area (Å²) in [5, 5.41) is 12.1. The predicted molar refractivity (Wildman–Crippen MR) is 80.5 cm³/mol. The Morgan fingerprint density at radius 2 is 1.81 bits per heavy atom. The molecule has 0 spiro atoms. The summed E-state index contributed by atoms with van der Waals surface area (Å²) in [6.45, 7) is 3.46. The molecule has 0 aliphatic rings. The number of amides is 1. The van der Waals surface area contributed by atoms with Crippen molar-refractivity contribution in [3.8, 4) is 5.75 Å². The van der Waals surface area contributed by atoms with E-state index in [-0.39, 0.29) is 24.7 Å². The molecule has 2 N–H and O–H groups in total. The van der Waals surface area contributed by atoms with Crippen LogP contribution in [0.2, 0.25) is 0 Å². The number of benzene rings is 1. The van der Waals surface area contributed by atoms with E-state index in [1.54, 1.807) is 45.2 Å². The van der Waals surface area contributed by atoms with Gasteiger partial charge in [-0.05, 0) is 44.5 Å². The van der Waals surface area contributed by atoms with Crippen molar-refractivity contribution < 1.29 is 19.4 Å². The lowest BCUT2D eigenvalue weighted by Crippen LogP contribution is -2.38. The van der Waals surface area contributed by atoms with Gasteiger partial charge in [-0.15, -0.1) is 0 Å². The van der Waals surface area contributed by atoms with Crippen molar-refractivity contribution in [2.45, 2.75) is 38.7 Å². The lowest BCUT2D eigenvalue weighted by atomic mass is 10.1. The number of carbonyl (C=O) groups excluding carboxylic acids is 2. The van der Waals surface area contributed by atoms with Gasteiger partial charge in [0.1, 0.15) is 5.75 Å². The molecule has 1 aromatic carbocycles. The van der Waals surface area contributed by atoms with E-state index in [4.69, 9.17) is 4.74 Å². The molecule has 5 nitrogen and oxygen atoms in total. The van der Waals surface area contributed by atoms with Crippen molar-refractivity contribution in [3.05, 3.63) is 29.8 Å². The molecule has 1 amide bonds. The van der Waals surface area contributed by atoms with Crippen LogP contribution in [-0.2, 0) is 4.79 Å². The van der Waals surface area contributed by atoms with E-state index in [1.807, 2.05) is 0 Å². The molecule has 1 rings (SSSR count). The molecule has 0 bridgehead atoms. The smallest absolute Gasteiger partial charge is 0.220 e. The van der Waals surface area contributed by atoms with E-state index in [9.17, 15) is 14.7 Å². The van der Waals surface area contributed by atoms with Crippen LogP contribution in [0.25, 0.3) is 0 Å². The molecular formula is C16H23NO4. The third kappa shape index (κ3) is 6.90. The topological polar surface area (TPSA) is 75.6 Å². The largest absolute Gasteiger partial charge is 0.497 e. The van der Waals surface area contributed by atoms with Crippen LogP contribution < -0.4 is 10.1 Å². The molecule has 0 heterocycles. The standard InChI is InChI=1S/C16H23NO4/c1-16(2,20)11-17-15(19)6-4-5-14(18)12-7-9-13(21-3)10-8-12/h7-10,20H,4-6,11H2,1-3H3,(H,17,19). The molecule has 5 heteroatoms. The quantitative estimate of drug-likeness (QED) is 0.718. The highest BCUT2D eigenvalue weighted by Gasteiger charge is 2.14. The van der Waals surface area contributed by atoms with E-state index in [0.29, 0.717) is 24.2 Å². The molecule has 0 atom stereocenters. The summed E-state index contributed by atoms with van der Waals surface area (Å²) in [4.78, 5) is 23.5. The van der Waals surface area contributed by atoms with E-state index < -0.39 is 5.60 Å². The molecule has 0 aromatic heterocycles. The fourth-order valence-electron chi connectivity index (χ4n) is 1.73. The zero-order valence-electron chi connectivity index (χ0n) is 12.8. The SMILES string of the molecule is COc1ccc(C(=O)CCCC(=O)NCC(C)(C)O)cc1. The van der Waals surface area contributed by atoms with E-state index in [0.717, 1.165) is 0 Å². The number of hydrogen-bond donors (Lipinski definition) is 2. The van der Waals surface area contributed by atoms with Crippen LogP contribution in [-0.4, -0.2) is 36.1 Å². The molecule has 0 unspecified atom stereocenters. The molecule has 0 saturated carbocycles. The van der Waals surface area contributed by atoms with Gasteiger partial charge in [0.05, 0.1) is 12.7 Å². The Morgan fingerprint density at radius 1 is 1.19 bits per heavy atom. The van der Waals surface area contributed by atoms with Crippen molar-refractivity contribution in [3.63, 3.8) is 0 Å². The average Bonchev–Trinajstić information content (AvgIpc) is 2.44. The molecule has 0 saturated heterocycles. The van der Waals surface area contributed by atoms with Gasteiger partial charge in [-0.25, -0.2) is 0 Å². The molecule has 0 aliphatic carbocycles. The predicted octanol–water partition coefficient (Wildman–Crippen LogP) is 1.94. The molecule has 0 aliphatic heterocycles. The van der Waals surface area contributed by atoms with Gasteiger partial charge in [0, 0.05) is 24.9 Å². The first-order valence-electron chi connectivity index (χ1n) is 6.98. The lowest BCUT2D eigenvalue weighted by Gasteiger charge is -2.17. The summed E-state index contributed by atoms with van der Waals surface area (Å²) < 4.78 is 5.03. The first-order valence-corrected chi connectivity index (χ1v) is 6.98. The summed E-state index contributed by atoms with van der Waals surface area (Å²) in [5.41, 5.74) is -0.304. The van der Waals surface area contributed by atoms with Gasteiger partial charge in [0.25, 0.3) is 0 Å². The highest BCUT2D eigenvalue weighted by molar-refractivity contribution is 5.96. The maximum Gasteiger partial charge on any atom is 0.220 e. The second-order valence-corrected chi connectivity index (χ2v) is 5.59. The second kappa shape index (κ2) is 7.78. The molecule has 0 radical (unpaired) electrons. The normalized spacial score (nSPS) is 11.0. The Kier molecular flexibility index (Phi) is 6.37. The van der Waals surface area contributed by atoms with Crippen LogP contribution in [0, 0.1) is 0 Å². The molecule has 21 heavy (non-hydrogen) atoms. The molecule has 1 aromatic rings. The van der Waals surface area contributed by atoms with E-state index >= 15 is 0 Å². The Balaban J connectivity index is 2.31. The maximum absolute atomic E-state index is 11.9. The van der Waals surface area contributed by atoms with Gasteiger partial charge in [-0.2, -0.15) is 0 Å². The molecule has 0 fully saturated rings. The Hall–Kier alpha value is -1.88. The van der Waals surface area contributed by atoms with Crippen LogP contribution in [0.1, 0.15) is 43.5 Å². The minimum atomic E-state index is -0.922. The van der Waals surface area contributed by atoms with Crippen LogP contribution in [0.15, 0.2) is 24.3 Å². The number of rotatable bonds is 8. The first-order chi connectivity index (χ1) is 9.81. The highest BCUT2D eigenvalue weighted by atomic mass is 16.5. The number of carbonyl (C=O) groups is 2. The van der Waals surface area contributed by atoms with Crippen molar-refractivity contribution in [1.29, 1.82) is 0 Å². The summed E-state index contributed by atoms with van der Waals surface area (Å²) in [7, 11) is 1.57.